The third-order valence-electron chi connectivity index (χ3n) is 25.9. The number of imidazole rings is 4. The van der Waals surface area contributed by atoms with Crippen molar-refractivity contribution >= 4 is 115 Å². The highest BCUT2D eigenvalue weighted by molar-refractivity contribution is 5.89. The highest BCUT2D eigenvalue weighted by Crippen LogP contribution is 2.40. The Kier molecular flexibility index (Phi) is 32.4. The number of carbonyl (C=O) groups is 4. The number of aromatic nitrogens is 16. The van der Waals surface area contributed by atoms with Gasteiger partial charge < -0.3 is 80.6 Å². The van der Waals surface area contributed by atoms with Crippen LogP contribution in [-0.4, -0.2) is 135 Å². The number of carboxylic acids is 4. The van der Waals surface area contributed by atoms with E-state index in [0.717, 1.165) is 53.3 Å². The van der Waals surface area contributed by atoms with Crippen LogP contribution in [0.1, 0.15) is 229 Å². The second-order valence-corrected chi connectivity index (χ2v) is 35.8. The lowest BCUT2D eigenvalue weighted by molar-refractivity contribution is -0.138. The van der Waals surface area contributed by atoms with Gasteiger partial charge in [0, 0.05) is 44.5 Å². The minimum Gasteiger partial charge on any atom is -0.480 e. The number of nitrogens with one attached hydrogen (secondary N) is 7. The van der Waals surface area contributed by atoms with Crippen molar-refractivity contribution in [1.29, 1.82) is 0 Å². The summed E-state index contributed by atoms with van der Waals surface area (Å²) in [4.78, 5) is 97.8. The molecule has 19 rings (SSSR count). The van der Waals surface area contributed by atoms with Crippen LogP contribution in [0.4, 0.5) is 73.3 Å². The van der Waals surface area contributed by atoms with Gasteiger partial charge in [0.15, 0.2) is 62.1 Å². The van der Waals surface area contributed by atoms with Gasteiger partial charge in [-0.25, -0.2) is 37.5 Å². The van der Waals surface area contributed by atoms with Crippen molar-refractivity contribution in [2.24, 2.45) is 0 Å². The number of hydrogen-bond donors (Lipinski definition) is 11. The molecule has 6 aromatic carbocycles. The van der Waals surface area contributed by atoms with Gasteiger partial charge in [0.2, 0.25) is 58.6 Å². The first kappa shape index (κ1) is 97.2. The fourth-order valence-corrected chi connectivity index (χ4v) is 18.6. The Morgan fingerprint density at radius 3 is 0.986 bits per heavy atom. The van der Waals surface area contributed by atoms with E-state index < -0.39 is 71.1 Å². The van der Waals surface area contributed by atoms with Crippen molar-refractivity contribution in [3.8, 4) is 11.6 Å². The predicted octanol–water partition coefficient (Wildman–Crippen LogP) is 21.0. The van der Waals surface area contributed by atoms with Crippen LogP contribution < -0.4 is 42.0 Å². The van der Waals surface area contributed by atoms with Crippen LogP contribution in [0.5, 0.6) is 11.6 Å². The summed E-state index contributed by atoms with van der Waals surface area (Å²) in [5, 5.41) is 59.5. The highest BCUT2D eigenvalue weighted by Gasteiger charge is 2.31. The number of anilines is 8. The van der Waals surface area contributed by atoms with Crippen molar-refractivity contribution in [2.45, 2.75) is 243 Å². The van der Waals surface area contributed by atoms with E-state index in [-0.39, 0.29) is 49.1 Å². The zero-order valence-electron chi connectivity index (χ0n) is 76.8. The van der Waals surface area contributed by atoms with Crippen molar-refractivity contribution in [1.82, 2.24) is 78.1 Å². The first-order valence-electron chi connectivity index (χ1n) is 47.5. The lowest BCUT2D eigenvalue weighted by Crippen LogP contribution is -2.23. The lowest BCUT2D eigenvalue weighted by Gasteiger charge is -2.23. The molecule has 5 aliphatic carbocycles. The van der Waals surface area contributed by atoms with Gasteiger partial charge in [-0.2, -0.15) is 48.7 Å². The van der Waals surface area contributed by atoms with Crippen LogP contribution in [0.15, 0.2) is 159 Å². The minimum atomic E-state index is -2.34. The summed E-state index contributed by atoms with van der Waals surface area (Å²) >= 11 is 0. The van der Waals surface area contributed by atoms with Gasteiger partial charge >= 0.3 is 23.9 Å². The summed E-state index contributed by atoms with van der Waals surface area (Å²) in [6.07, 6.45) is 38.8. The summed E-state index contributed by atoms with van der Waals surface area (Å²) in [6, 6.07) is 40.6. The maximum absolute atomic E-state index is 14.3. The maximum Gasteiger partial charge on any atom is 0.323 e. The van der Waals surface area contributed by atoms with E-state index in [2.05, 4.69) is 184 Å². The van der Waals surface area contributed by atoms with E-state index in [1.165, 1.54) is 203 Å². The zero-order chi connectivity index (χ0) is 96.8. The molecule has 0 atom stereocenters. The number of ether oxygens (including phenoxy) is 1. The number of carboxylic acid groups (broad SMARTS) is 4. The average molecular weight is 1910 g/mol. The summed E-state index contributed by atoms with van der Waals surface area (Å²) in [6.45, 7) is 4.90. The Morgan fingerprint density at radius 1 is 0.345 bits per heavy atom. The standard InChI is InChI=1S/C26H22F5N5O3.C26H27FN6O2.C26H34N6O2.C23H28N6O2/c27-17-18(28)20(30)23(21(31)19(17)29)39-25-22-24(36(12-33-22)11-16(37)38)34-26(35-25)32-10-13-6-8-15(9-7-13)14-4-2-1-3-5-14;27-20-10-12-21(13-11-20)30-24-23-25(33(16-29-23)15-22(34)35)32-26(31-24)28-14-17-6-8-19(9-7-17)18-4-2-1-3-5-18;33-22(34)16-32-17-28-23-24(29-21-9-5-2-6-10-21)30-26(31-25(23)32)27-15-18-11-13-20(14-12-18)19-7-3-1-4-8-19;1-2-12-24-21-20-22(29(15-26-20)14-19(30)31)28-23(27-21)25-13-16-8-10-18(11-9-16)17-6-4-3-5-7-17/h6-9,12,14H,1-5,10-11H2,(H,37,38)(H,32,34,35);6-13,16,18H,1-5,14-15H2,(H,34,35)(H2,28,30,31,32);11-14,17,19,21H,1-10,15-16H2,(H,33,34)(H2,27,29,30,31);2,8-11,15,17H,1,3-7,12-14H2,(H,30,31)(H2,24,25,27,28). The number of fused-ring (bicyclic) bond motifs is 4. The number of hydrogen-bond acceptors (Lipinski definition) is 24. The molecule has 11 N–H and O–H groups in total. The van der Waals surface area contributed by atoms with Gasteiger partial charge in [-0.05, 0) is 157 Å². The summed E-state index contributed by atoms with van der Waals surface area (Å²) in [5.74, 6) is -12.5. The van der Waals surface area contributed by atoms with Crippen molar-refractivity contribution in [3.63, 3.8) is 0 Å². The van der Waals surface area contributed by atoms with E-state index in [0.29, 0.717) is 130 Å². The van der Waals surface area contributed by atoms with Gasteiger partial charge in [0.05, 0.1) is 25.3 Å². The molecule has 0 bridgehead atoms. The van der Waals surface area contributed by atoms with Crippen LogP contribution in [0.25, 0.3) is 44.7 Å². The average Bonchev–Trinajstić information content (AvgIpc) is 1.65. The molecule has 38 heteroatoms. The Morgan fingerprint density at radius 2 is 0.640 bits per heavy atom. The molecule has 0 aliphatic heterocycles. The second-order valence-electron chi connectivity index (χ2n) is 35.8. The number of nitrogens with zero attached hydrogens (tertiary/aromatic N) is 16. The summed E-state index contributed by atoms with van der Waals surface area (Å²) < 4.78 is 93.5. The van der Waals surface area contributed by atoms with Crippen molar-refractivity contribution in [2.75, 3.05) is 43.8 Å². The third kappa shape index (κ3) is 25.3. The quantitative estimate of drug-likeness (QED) is 0.00787. The number of aliphatic carboxylic acids is 4. The molecular weight excluding hydrogens is 1790 g/mol. The monoisotopic (exact) mass is 1900 g/mol. The van der Waals surface area contributed by atoms with Crippen LogP contribution >= 0.6 is 0 Å². The smallest absolute Gasteiger partial charge is 0.323 e. The fraction of sp³-hybridized carbons (Fsp3) is 0.386. The number of benzene rings is 6. The molecular formula is C101H111F6N23O9. The summed E-state index contributed by atoms with van der Waals surface area (Å²) in [7, 11) is 0. The third-order valence-corrected chi connectivity index (χ3v) is 25.9. The zero-order valence-corrected chi connectivity index (χ0v) is 76.8. The first-order valence-corrected chi connectivity index (χ1v) is 47.5. The van der Waals surface area contributed by atoms with Crippen molar-refractivity contribution < 1.29 is 70.7 Å². The van der Waals surface area contributed by atoms with Gasteiger partial charge in [-0.15, -0.1) is 6.58 Å². The minimum absolute atomic E-state index is 0.0959. The molecule has 0 spiro atoms. The van der Waals surface area contributed by atoms with Crippen LogP contribution in [0.2, 0.25) is 0 Å². The van der Waals surface area contributed by atoms with E-state index in [1.54, 1.807) is 22.8 Å². The van der Waals surface area contributed by atoms with E-state index >= 15 is 0 Å². The van der Waals surface area contributed by atoms with Gasteiger partial charge in [0.1, 0.15) is 32.0 Å². The Labute approximate surface area is 796 Å². The molecule has 8 heterocycles. The molecule has 726 valence electrons. The van der Waals surface area contributed by atoms with E-state index in [9.17, 15) is 60.8 Å². The molecule has 0 amide bonds. The molecule has 5 aliphatic rings. The molecule has 0 radical (unpaired) electrons. The summed E-state index contributed by atoms with van der Waals surface area (Å²) in [5.41, 5.74) is 13.1. The first-order chi connectivity index (χ1) is 67.6. The van der Waals surface area contributed by atoms with Crippen LogP contribution in [-0.2, 0) is 71.5 Å². The molecule has 5 saturated carbocycles. The second kappa shape index (κ2) is 46.3. The molecule has 32 nitrogen and oxygen atoms in total. The lowest BCUT2D eigenvalue weighted by atomic mass is 9.84. The fourth-order valence-electron chi connectivity index (χ4n) is 18.6. The van der Waals surface area contributed by atoms with Crippen LogP contribution in [0, 0.1) is 34.9 Å². The topological polar surface area (TPSA) is 417 Å². The SMILES string of the molecule is C=CCNc1nc(NCc2ccc(C3CCCCC3)cc2)nc2c1ncn2CC(=O)O.O=C(O)Cn1cnc2c(NC3CCCCC3)nc(NCc3ccc(C4CCCCC4)cc3)nc21.O=C(O)Cn1cnc2c(Nc3ccc(F)cc3)nc(NCc3ccc(C4CCCCC4)cc3)nc21.O=C(O)Cn1cnc2c(Oc3c(F)c(F)c(F)c(F)c3F)nc(NCc3ccc(C4CCCCC4)cc3)nc21. The Bertz CT molecular complexity index is 6570. The van der Waals surface area contributed by atoms with Crippen LogP contribution in [0.3, 0.4) is 0 Å². The molecule has 139 heavy (non-hydrogen) atoms. The number of rotatable bonds is 33. The molecule has 14 aromatic rings. The highest BCUT2D eigenvalue weighted by atomic mass is 19.2. The molecule has 0 saturated heterocycles. The van der Waals surface area contributed by atoms with Crippen molar-refractivity contribution in [3.05, 3.63) is 239 Å². The Balaban J connectivity index is 0.000000134. The van der Waals surface area contributed by atoms with E-state index in [4.69, 9.17) is 14.8 Å². The van der Waals surface area contributed by atoms with Gasteiger partial charge in [-0.1, -0.05) is 199 Å². The number of halogens is 6. The van der Waals surface area contributed by atoms with E-state index in [1.807, 2.05) is 12.1 Å². The molecule has 0 unspecified atom stereocenters. The largest absolute Gasteiger partial charge is 0.480 e. The molecule has 5 fully saturated rings. The van der Waals surface area contributed by atoms with Gasteiger partial charge in [-0.3, -0.25) is 19.2 Å². The normalized spacial score (nSPS) is 15.1. The molecule has 8 aromatic heterocycles. The predicted molar refractivity (Wildman–Crippen MR) is 515 cm³/mol. The van der Waals surface area contributed by atoms with Gasteiger partial charge in [0.25, 0.3) is 5.88 Å². The Hall–Kier alpha value is -14.9. The maximum atomic E-state index is 14.3.